The third-order valence-electron chi connectivity index (χ3n) is 5.03. The van der Waals surface area contributed by atoms with Gasteiger partial charge in [0.2, 0.25) is 5.91 Å². The molecule has 1 aromatic heterocycles. The number of aryl methyl sites for hydroxylation is 1. The zero-order chi connectivity index (χ0) is 23.8. The number of ether oxygens (including phenoxy) is 1. The van der Waals surface area contributed by atoms with Gasteiger partial charge in [-0.25, -0.2) is 18.1 Å². The normalized spacial score (nSPS) is 11.5. The second-order valence-corrected chi connectivity index (χ2v) is 10.4. The van der Waals surface area contributed by atoms with E-state index in [0.717, 1.165) is 28.0 Å². The standard InChI is InChI=1S/C24H29N3O4S2/c1-4-31-16-8-15-25-33(29,30)23-18(2)26-24(32-23)27(3)22(28)17-19-11-13-21(14-12-19)20-9-6-5-7-10-20/h5-7,9-14,25H,4,8,15-17H2,1-3H3. The summed E-state index contributed by atoms with van der Waals surface area (Å²) in [5, 5.41) is 0.355. The Kier molecular flexibility index (Phi) is 8.74. The first-order valence-electron chi connectivity index (χ1n) is 10.8. The molecule has 0 atom stereocenters. The number of hydrogen-bond donors (Lipinski definition) is 1. The van der Waals surface area contributed by atoms with E-state index in [9.17, 15) is 13.2 Å². The number of benzene rings is 2. The zero-order valence-electron chi connectivity index (χ0n) is 19.1. The maximum atomic E-state index is 12.8. The minimum absolute atomic E-state index is 0.126. The lowest BCUT2D eigenvalue weighted by molar-refractivity contribution is -0.117. The van der Waals surface area contributed by atoms with E-state index >= 15 is 0 Å². The third-order valence-corrected chi connectivity index (χ3v) is 8.33. The number of sulfonamides is 1. The van der Waals surface area contributed by atoms with Crippen molar-refractivity contribution in [2.75, 3.05) is 31.7 Å². The predicted octanol–water partition coefficient (Wildman–Crippen LogP) is 4.03. The fraction of sp³-hybridized carbons (Fsp3) is 0.333. The highest BCUT2D eigenvalue weighted by atomic mass is 32.2. The molecule has 1 heterocycles. The van der Waals surface area contributed by atoms with Crippen LogP contribution in [0.3, 0.4) is 0 Å². The van der Waals surface area contributed by atoms with Gasteiger partial charge in [0.15, 0.2) is 9.34 Å². The van der Waals surface area contributed by atoms with Gasteiger partial charge >= 0.3 is 0 Å². The summed E-state index contributed by atoms with van der Waals surface area (Å²) in [4.78, 5) is 18.6. The molecule has 176 valence electrons. The minimum Gasteiger partial charge on any atom is -0.382 e. The molecule has 0 aliphatic rings. The van der Waals surface area contributed by atoms with Crippen LogP contribution in [0.15, 0.2) is 58.8 Å². The van der Waals surface area contributed by atoms with Gasteiger partial charge < -0.3 is 4.74 Å². The van der Waals surface area contributed by atoms with Crippen LogP contribution in [0.25, 0.3) is 11.1 Å². The van der Waals surface area contributed by atoms with Crippen molar-refractivity contribution in [3.63, 3.8) is 0 Å². The Balaban J connectivity index is 1.64. The maximum Gasteiger partial charge on any atom is 0.252 e. The van der Waals surface area contributed by atoms with E-state index in [1.54, 1.807) is 14.0 Å². The molecule has 3 rings (SSSR count). The highest BCUT2D eigenvalue weighted by Crippen LogP contribution is 2.29. The lowest BCUT2D eigenvalue weighted by Gasteiger charge is -2.14. The van der Waals surface area contributed by atoms with Crippen LogP contribution < -0.4 is 9.62 Å². The topological polar surface area (TPSA) is 88.6 Å². The monoisotopic (exact) mass is 487 g/mol. The maximum absolute atomic E-state index is 12.8. The Morgan fingerprint density at radius 2 is 1.76 bits per heavy atom. The number of amides is 1. The second kappa shape index (κ2) is 11.5. The summed E-state index contributed by atoms with van der Waals surface area (Å²) in [5.74, 6) is -0.162. The third kappa shape index (κ3) is 6.70. The van der Waals surface area contributed by atoms with Crippen LogP contribution in [0, 0.1) is 6.92 Å². The van der Waals surface area contributed by atoms with E-state index in [0.29, 0.717) is 30.5 Å². The number of carbonyl (C=O) groups is 1. The van der Waals surface area contributed by atoms with Crippen molar-refractivity contribution >= 4 is 32.4 Å². The Bertz CT molecular complexity index is 1160. The molecule has 0 fully saturated rings. The number of thiazole rings is 1. The molecule has 33 heavy (non-hydrogen) atoms. The van der Waals surface area contributed by atoms with Gasteiger partial charge in [-0.1, -0.05) is 65.9 Å². The molecular formula is C24H29N3O4S2. The Morgan fingerprint density at radius 3 is 2.42 bits per heavy atom. The summed E-state index contributed by atoms with van der Waals surface area (Å²) < 4.78 is 33.2. The molecule has 0 unspecified atom stereocenters. The van der Waals surface area contributed by atoms with Crippen LogP contribution in [0.2, 0.25) is 0 Å². The number of carbonyl (C=O) groups excluding carboxylic acids is 1. The van der Waals surface area contributed by atoms with Gasteiger partial charge in [-0.3, -0.25) is 9.69 Å². The van der Waals surface area contributed by atoms with Gasteiger partial charge in [-0.15, -0.1) is 0 Å². The van der Waals surface area contributed by atoms with Crippen LogP contribution in [0.1, 0.15) is 24.6 Å². The highest BCUT2D eigenvalue weighted by molar-refractivity contribution is 7.91. The van der Waals surface area contributed by atoms with Gasteiger partial charge in [-0.05, 0) is 37.0 Å². The van der Waals surface area contributed by atoms with E-state index in [1.165, 1.54) is 4.90 Å². The SMILES string of the molecule is CCOCCCNS(=O)(=O)c1sc(N(C)C(=O)Cc2ccc(-c3ccccc3)cc2)nc1C. The fourth-order valence-electron chi connectivity index (χ4n) is 3.20. The van der Waals surface area contributed by atoms with Crippen molar-refractivity contribution in [1.82, 2.24) is 9.71 Å². The fourth-order valence-corrected chi connectivity index (χ4v) is 5.80. The van der Waals surface area contributed by atoms with E-state index in [1.807, 2.05) is 61.5 Å². The Morgan fingerprint density at radius 1 is 1.09 bits per heavy atom. The van der Waals surface area contributed by atoms with Crippen molar-refractivity contribution in [3.8, 4) is 11.1 Å². The molecule has 1 amide bonds. The quantitative estimate of drug-likeness (QED) is 0.413. The molecule has 0 aliphatic carbocycles. The van der Waals surface area contributed by atoms with Gasteiger partial charge in [0.05, 0.1) is 12.1 Å². The molecule has 0 aliphatic heterocycles. The lowest BCUT2D eigenvalue weighted by Crippen LogP contribution is -2.27. The molecule has 0 saturated carbocycles. The molecule has 0 saturated heterocycles. The molecular weight excluding hydrogens is 458 g/mol. The number of anilines is 1. The van der Waals surface area contributed by atoms with Gasteiger partial charge in [0.1, 0.15) is 0 Å². The minimum atomic E-state index is -3.69. The molecule has 0 radical (unpaired) electrons. The van der Waals surface area contributed by atoms with Crippen LogP contribution in [0.5, 0.6) is 0 Å². The van der Waals surface area contributed by atoms with E-state index in [2.05, 4.69) is 9.71 Å². The van der Waals surface area contributed by atoms with Crippen molar-refractivity contribution in [1.29, 1.82) is 0 Å². The number of aromatic nitrogens is 1. The predicted molar refractivity (Wildman–Crippen MR) is 132 cm³/mol. The van der Waals surface area contributed by atoms with Crippen molar-refractivity contribution in [2.24, 2.45) is 0 Å². The van der Waals surface area contributed by atoms with Crippen LogP contribution >= 0.6 is 11.3 Å². The summed E-state index contributed by atoms with van der Waals surface area (Å²) in [5.41, 5.74) is 3.45. The summed E-state index contributed by atoms with van der Waals surface area (Å²) in [6.07, 6.45) is 0.779. The summed E-state index contributed by atoms with van der Waals surface area (Å²) in [6, 6.07) is 17.9. The van der Waals surface area contributed by atoms with Gasteiger partial charge in [0, 0.05) is 26.8 Å². The number of hydrogen-bond acceptors (Lipinski definition) is 6. The van der Waals surface area contributed by atoms with E-state index in [4.69, 9.17) is 4.74 Å². The Hall–Kier alpha value is -2.59. The van der Waals surface area contributed by atoms with Crippen molar-refractivity contribution in [2.45, 2.75) is 30.9 Å². The molecule has 0 spiro atoms. The molecule has 2 aromatic carbocycles. The average Bonchev–Trinajstić information content (AvgIpc) is 3.22. The van der Waals surface area contributed by atoms with Crippen LogP contribution in [0.4, 0.5) is 5.13 Å². The average molecular weight is 488 g/mol. The molecule has 7 nitrogen and oxygen atoms in total. The largest absolute Gasteiger partial charge is 0.382 e. The first-order valence-corrected chi connectivity index (χ1v) is 13.1. The smallest absolute Gasteiger partial charge is 0.252 e. The van der Waals surface area contributed by atoms with E-state index < -0.39 is 10.0 Å². The van der Waals surface area contributed by atoms with E-state index in [-0.39, 0.29) is 23.1 Å². The van der Waals surface area contributed by atoms with Crippen LogP contribution in [-0.4, -0.2) is 46.1 Å². The highest BCUT2D eigenvalue weighted by Gasteiger charge is 2.24. The lowest BCUT2D eigenvalue weighted by atomic mass is 10.0. The van der Waals surface area contributed by atoms with Gasteiger partial charge in [-0.2, -0.15) is 0 Å². The first-order chi connectivity index (χ1) is 15.8. The number of rotatable bonds is 11. The summed E-state index contributed by atoms with van der Waals surface area (Å²) >= 11 is 0.994. The summed E-state index contributed by atoms with van der Waals surface area (Å²) in [7, 11) is -2.08. The molecule has 0 bridgehead atoms. The van der Waals surface area contributed by atoms with Crippen LogP contribution in [-0.2, 0) is 26.0 Å². The summed E-state index contributed by atoms with van der Waals surface area (Å²) in [6.45, 7) is 4.90. The first kappa shape index (κ1) is 25.0. The number of nitrogens with zero attached hydrogens (tertiary/aromatic N) is 2. The molecule has 1 N–H and O–H groups in total. The molecule has 9 heteroatoms. The van der Waals surface area contributed by atoms with Crippen molar-refractivity contribution < 1.29 is 17.9 Å². The number of nitrogens with one attached hydrogen (secondary N) is 1. The van der Waals surface area contributed by atoms with Gasteiger partial charge in [0.25, 0.3) is 10.0 Å². The second-order valence-electron chi connectivity index (χ2n) is 7.51. The molecule has 3 aromatic rings. The zero-order valence-corrected chi connectivity index (χ0v) is 20.7. The Labute approximate surface area is 199 Å². The number of likely N-dealkylation sites (N-methyl/N-ethyl adjacent to an activating group) is 1. The van der Waals surface area contributed by atoms with Crippen molar-refractivity contribution in [3.05, 3.63) is 65.9 Å².